The second-order valence-corrected chi connectivity index (χ2v) is 5.41. The number of nitrogens with zero attached hydrogens (tertiary/aromatic N) is 2. The highest BCUT2D eigenvalue weighted by Gasteiger charge is 1.98. The number of aromatic nitrogens is 2. The molecule has 5 heteroatoms. The molecule has 1 rings (SSSR count). The van der Waals surface area contributed by atoms with Crippen molar-refractivity contribution in [3.05, 3.63) is 18.0 Å². The minimum Gasteiger partial charge on any atom is -0.356 e. The Morgan fingerprint density at radius 3 is 2.43 bits per heavy atom. The fourth-order valence-electron chi connectivity index (χ4n) is 2.25. The topological polar surface area (TPSA) is 65.1 Å². The Labute approximate surface area is 129 Å². The first-order chi connectivity index (χ1) is 10.4. The van der Waals surface area contributed by atoms with Gasteiger partial charge in [-0.05, 0) is 12.5 Å². The third-order valence-corrected chi connectivity index (χ3v) is 3.55. The first kappa shape index (κ1) is 17.5. The average molecular weight is 293 g/mol. The van der Waals surface area contributed by atoms with Crippen molar-refractivity contribution in [3.8, 4) is 0 Å². The van der Waals surface area contributed by atoms with Crippen molar-refractivity contribution in [1.29, 1.82) is 0 Å². The van der Waals surface area contributed by atoms with Gasteiger partial charge in [0, 0.05) is 19.8 Å². The maximum absolute atomic E-state index is 4.22. The Morgan fingerprint density at radius 2 is 1.81 bits per heavy atom. The number of guanidine groups is 1. The van der Waals surface area contributed by atoms with Gasteiger partial charge in [-0.25, -0.2) is 0 Å². The van der Waals surface area contributed by atoms with Gasteiger partial charge < -0.3 is 10.6 Å². The lowest BCUT2D eigenvalue weighted by atomic mass is 10.1. The summed E-state index contributed by atoms with van der Waals surface area (Å²) in [5, 5.41) is 13.5. The molecule has 0 amide bonds. The molecule has 0 fully saturated rings. The molecule has 1 aromatic rings. The third kappa shape index (κ3) is 9.10. The predicted molar refractivity (Wildman–Crippen MR) is 89.4 cm³/mol. The molecule has 0 aliphatic heterocycles. The second-order valence-electron chi connectivity index (χ2n) is 5.41. The molecule has 3 N–H and O–H groups in total. The fraction of sp³-hybridized carbons (Fsp3) is 0.750. The van der Waals surface area contributed by atoms with E-state index in [0.717, 1.165) is 24.7 Å². The Morgan fingerprint density at radius 1 is 1.10 bits per heavy atom. The summed E-state index contributed by atoms with van der Waals surface area (Å²) < 4.78 is 0. The van der Waals surface area contributed by atoms with Crippen LogP contribution in [-0.4, -0.2) is 29.7 Å². The molecule has 1 heterocycles. The van der Waals surface area contributed by atoms with Crippen molar-refractivity contribution in [1.82, 2.24) is 20.8 Å². The first-order valence-corrected chi connectivity index (χ1v) is 8.29. The molecule has 0 radical (unpaired) electrons. The van der Waals surface area contributed by atoms with E-state index < -0.39 is 0 Å². The van der Waals surface area contributed by atoms with E-state index in [0.29, 0.717) is 0 Å². The summed E-state index contributed by atoms with van der Waals surface area (Å²) >= 11 is 0. The smallest absolute Gasteiger partial charge is 0.191 e. The van der Waals surface area contributed by atoms with Gasteiger partial charge >= 0.3 is 0 Å². The molecule has 0 spiro atoms. The average Bonchev–Trinajstić information content (AvgIpc) is 3.02. The lowest BCUT2D eigenvalue weighted by Crippen LogP contribution is -2.37. The SMILES string of the molecule is CCCCCCCCCCNC(=NC)NCc1ccn[nH]1. The van der Waals surface area contributed by atoms with Crippen LogP contribution in [0.4, 0.5) is 0 Å². The molecule has 1 aromatic heterocycles. The van der Waals surface area contributed by atoms with E-state index in [1.165, 1.54) is 51.4 Å². The summed E-state index contributed by atoms with van der Waals surface area (Å²) in [5.41, 5.74) is 1.06. The summed E-state index contributed by atoms with van der Waals surface area (Å²) in [5.74, 6) is 0.854. The molecule has 0 saturated heterocycles. The summed E-state index contributed by atoms with van der Waals surface area (Å²) in [6.07, 6.45) is 12.5. The molecule has 0 bridgehead atoms. The van der Waals surface area contributed by atoms with Crippen LogP contribution in [0, 0.1) is 0 Å². The van der Waals surface area contributed by atoms with Gasteiger partial charge in [0.05, 0.1) is 12.2 Å². The number of aromatic amines is 1. The molecule has 120 valence electrons. The first-order valence-electron chi connectivity index (χ1n) is 8.29. The minimum atomic E-state index is 0.719. The molecule has 21 heavy (non-hydrogen) atoms. The number of aliphatic imine (C=N–C) groups is 1. The van der Waals surface area contributed by atoms with Gasteiger partial charge in [-0.1, -0.05) is 51.9 Å². The number of hydrogen-bond acceptors (Lipinski definition) is 2. The molecule has 0 unspecified atom stereocenters. The summed E-state index contributed by atoms with van der Waals surface area (Å²) in [7, 11) is 1.80. The van der Waals surface area contributed by atoms with E-state index in [1.807, 2.05) is 6.07 Å². The van der Waals surface area contributed by atoms with Crippen LogP contribution < -0.4 is 10.6 Å². The lowest BCUT2D eigenvalue weighted by Gasteiger charge is -2.11. The molecule has 0 saturated carbocycles. The van der Waals surface area contributed by atoms with E-state index in [9.17, 15) is 0 Å². The Balaban J connectivity index is 1.95. The van der Waals surface area contributed by atoms with E-state index in [2.05, 4.69) is 32.7 Å². The van der Waals surface area contributed by atoms with Crippen molar-refractivity contribution in [2.45, 2.75) is 64.8 Å². The van der Waals surface area contributed by atoms with Gasteiger partial charge in [-0.2, -0.15) is 5.10 Å². The highest BCUT2D eigenvalue weighted by Crippen LogP contribution is 2.07. The molecule has 0 aliphatic rings. The van der Waals surface area contributed by atoms with Crippen LogP contribution in [0.2, 0.25) is 0 Å². The zero-order valence-corrected chi connectivity index (χ0v) is 13.6. The number of unbranched alkanes of at least 4 members (excludes halogenated alkanes) is 7. The Kier molecular flexibility index (Phi) is 10.2. The van der Waals surface area contributed by atoms with Gasteiger partial charge in [0.25, 0.3) is 0 Å². The van der Waals surface area contributed by atoms with Crippen LogP contribution >= 0.6 is 0 Å². The number of nitrogens with one attached hydrogen (secondary N) is 3. The van der Waals surface area contributed by atoms with Crippen LogP contribution in [-0.2, 0) is 6.54 Å². The van der Waals surface area contributed by atoms with Gasteiger partial charge in [0.2, 0.25) is 0 Å². The summed E-state index contributed by atoms with van der Waals surface area (Å²) in [4.78, 5) is 4.22. The van der Waals surface area contributed by atoms with E-state index >= 15 is 0 Å². The van der Waals surface area contributed by atoms with Crippen LogP contribution in [0.3, 0.4) is 0 Å². The van der Waals surface area contributed by atoms with Crippen LogP contribution in [0.1, 0.15) is 64.0 Å². The number of H-pyrrole nitrogens is 1. The maximum Gasteiger partial charge on any atom is 0.191 e. The Bertz CT molecular complexity index is 359. The largest absolute Gasteiger partial charge is 0.356 e. The highest BCUT2D eigenvalue weighted by molar-refractivity contribution is 5.79. The standard InChI is InChI=1S/C16H31N5/c1-3-4-5-6-7-8-9-10-12-18-16(17-2)19-14-15-11-13-20-21-15/h11,13H,3-10,12,14H2,1-2H3,(H,20,21)(H2,17,18,19). The summed E-state index contributed by atoms with van der Waals surface area (Å²) in [6, 6.07) is 1.96. The number of rotatable bonds is 11. The van der Waals surface area contributed by atoms with Crippen molar-refractivity contribution in [3.63, 3.8) is 0 Å². The van der Waals surface area contributed by atoms with Gasteiger partial charge in [0.1, 0.15) is 0 Å². The molecular formula is C16H31N5. The van der Waals surface area contributed by atoms with Gasteiger partial charge in [0.15, 0.2) is 5.96 Å². The molecule has 0 aromatic carbocycles. The zero-order valence-electron chi connectivity index (χ0n) is 13.6. The Hall–Kier alpha value is -1.52. The lowest BCUT2D eigenvalue weighted by molar-refractivity contribution is 0.571. The van der Waals surface area contributed by atoms with Crippen molar-refractivity contribution in [2.75, 3.05) is 13.6 Å². The van der Waals surface area contributed by atoms with E-state index in [-0.39, 0.29) is 0 Å². The quantitative estimate of drug-likeness (QED) is 0.333. The van der Waals surface area contributed by atoms with Crippen molar-refractivity contribution >= 4 is 5.96 Å². The predicted octanol–water partition coefficient (Wildman–Crippen LogP) is 3.22. The van der Waals surface area contributed by atoms with Gasteiger partial charge in [-0.3, -0.25) is 10.1 Å². The van der Waals surface area contributed by atoms with E-state index in [1.54, 1.807) is 13.2 Å². The molecular weight excluding hydrogens is 262 g/mol. The normalized spacial score (nSPS) is 11.6. The van der Waals surface area contributed by atoms with Crippen molar-refractivity contribution < 1.29 is 0 Å². The van der Waals surface area contributed by atoms with Gasteiger partial charge in [-0.15, -0.1) is 0 Å². The van der Waals surface area contributed by atoms with Crippen LogP contribution in [0.15, 0.2) is 17.3 Å². The molecule has 0 atom stereocenters. The fourth-order valence-corrected chi connectivity index (χ4v) is 2.25. The summed E-state index contributed by atoms with van der Waals surface area (Å²) in [6.45, 7) is 3.97. The van der Waals surface area contributed by atoms with Crippen LogP contribution in [0.25, 0.3) is 0 Å². The van der Waals surface area contributed by atoms with E-state index in [4.69, 9.17) is 0 Å². The van der Waals surface area contributed by atoms with Crippen LogP contribution in [0.5, 0.6) is 0 Å². The second kappa shape index (κ2) is 12.2. The molecule has 5 nitrogen and oxygen atoms in total. The zero-order chi connectivity index (χ0) is 15.2. The number of hydrogen-bond donors (Lipinski definition) is 3. The minimum absolute atomic E-state index is 0.719. The maximum atomic E-state index is 4.22. The van der Waals surface area contributed by atoms with Crippen molar-refractivity contribution in [2.24, 2.45) is 4.99 Å². The monoisotopic (exact) mass is 293 g/mol. The molecule has 0 aliphatic carbocycles. The third-order valence-electron chi connectivity index (χ3n) is 3.55. The highest BCUT2D eigenvalue weighted by atomic mass is 15.2.